The molecule has 0 saturated carbocycles. The van der Waals surface area contributed by atoms with Gasteiger partial charge in [0.15, 0.2) is 5.82 Å². The standard InChI is InChI=1S/C14H11N3.CH4/c1-3-7-12(8-4-1)14-16-15-11-17(14)13-9-5-2-6-10-13;/h1-11H;1H4. The van der Waals surface area contributed by atoms with E-state index in [9.17, 15) is 0 Å². The Morgan fingerprint density at radius 2 is 1.39 bits per heavy atom. The molecule has 0 aliphatic rings. The number of nitrogens with zero attached hydrogens (tertiary/aromatic N) is 3. The molecule has 90 valence electrons. The van der Waals surface area contributed by atoms with E-state index < -0.39 is 0 Å². The van der Waals surface area contributed by atoms with Crippen molar-refractivity contribution in [3.8, 4) is 17.1 Å². The first kappa shape index (κ1) is 12.0. The zero-order valence-electron chi connectivity index (χ0n) is 9.19. The molecule has 0 aliphatic carbocycles. The zero-order chi connectivity index (χ0) is 11.5. The summed E-state index contributed by atoms with van der Waals surface area (Å²) in [6.45, 7) is 0. The number of aromatic nitrogens is 3. The molecule has 0 unspecified atom stereocenters. The predicted molar refractivity (Wildman–Crippen MR) is 73.5 cm³/mol. The zero-order valence-corrected chi connectivity index (χ0v) is 9.19. The Kier molecular flexibility index (Phi) is 3.53. The van der Waals surface area contributed by atoms with Crippen LogP contribution in [0, 0.1) is 0 Å². The lowest BCUT2D eigenvalue weighted by atomic mass is 10.2. The second-order valence-corrected chi connectivity index (χ2v) is 3.73. The van der Waals surface area contributed by atoms with Crippen LogP contribution in [-0.4, -0.2) is 14.8 Å². The topological polar surface area (TPSA) is 30.7 Å². The highest BCUT2D eigenvalue weighted by Crippen LogP contribution is 2.19. The van der Waals surface area contributed by atoms with Crippen molar-refractivity contribution >= 4 is 0 Å². The van der Waals surface area contributed by atoms with Gasteiger partial charge in [-0.05, 0) is 12.1 Å². The highest BCUT2D eigenvalue weighted by atomic mass is 15.3. The van der Waals surface area contributed by atoms with E-state index in [-0.39, 0.29) is 7.43 Å². The van der Waals surface area contributed by atoms with Crippen LogP contribution < -0.4 is 0 Å². The number of rotatable bonds is 2. The first-order valence-electron chi connectivity index (χ1n) is 5.46. The maximum atomic E-state index is 4.18. The van der Waals surface area contributed by atoms with Gasteiger partial charge in [0.25, 0.3) is 0 Å². The summed E-state index contributed by atoms with van der Waals surface area (Å²) < 4.78 is 1.98. The highest BCUT2D eigenvalue weighted by molar-refractivity contribution is 5.57. The third-order valence-electron chi connectivity index (χ3n) is 2.61. The summed E-state index contributed by atoms with van der Waals surface area (Å²) in [5, 5.41) is 8.16. The molecule has 0 spiro atoms. The molecule has 0 aliphatic heterocycles. The first-order valence-corrected chi connectivity index (χ1v) is 5.46. The van der Waals surface area contributed by atoms with Gasteiger partial charge in [-0.25, -0.2) is 0 Å². The van der Waals surface area contributed by atoms with Crippen LogP contribution in [0.1, 0.15) is 7.43 Å². The molecule has 0 saturated heterocycles. The SMILES string of the molecule is C.c1ccc(-c2nncn2-c2ccccc2)cc1. The first-order chi connectivity index (χ1) is 8.45. The van der Waals surface area contributed by atoms with Crippen molar-refractivity contribution < 1.29 is 0 Å². The molecule has 0 radical (unpaired) electrons. The molecule has 0 amide bonds. The van der Waals surface area contributed by atoms with Gasteiger partial charge >= 0.3 is 0 Å². The smallest absolute Gasteiger partial charge is 0.168 e. The molecule has 1 heterocycles. The average molecular weight is 237 g/mol. The van der Waals surface area contributed by atoms with Crippen LogP contribution in [0.15, 0.2) is 67.0 Å². The van der Waals surface area contributed by atoms with Gasteiger partial charge in [0.1, 0.15) is 6.33 Å². The lowest BCUT2D eigenvalue weighted by Gasteiger charge is -2.05. The molecule has 3 rings (SSSR count). The summed E-state index contributed by atoms with van der Waals surface area (Å²) >= 11 is 0. The second-order valence-electron chi connectivity index (χ2n) is 3.73. The summed E-state index contributed by atoms with van der Waals surface area (Å²) in [5.74, 6) is 0.858. The molecule has 0 fully saturated rings. The average Bonchev–Trinajstić information content (AvgIpc) is 2.90. The fraction of sp³-hybridized carbons (Fsp3) is 0.0667. The number of benzene rings is 2. The maximum Gasteiger partial charge on any atom is 0.168 e. The highest BCUT2D eigenvalue weighted by Gasteiger charge is 2.07. The Labute approximate surface area is 107 Å². The minimum Gasteiger partial charge on any atom is -0.282 e. The third kappa shape index (κ3) is 2.15. The Bertz CT molecular complexity index is 546. The normalized spacial score (nSPS) is 9.78. The third-order valence-corrected chi connectivity index (χ3v) is 2.61. The lowest BCUT2D eigenvalue weighted by Crippen LogP contribution is -1.95. The molecule has 0 N–H and O–H groups in total. The van der Waals surface area contributed by atoms with E-state index in [4.69, 9.17) is 0 Å². The second kappa shape index (κ2) is 5.27. The number of para-hydroxylation sites is 1. The summed E-state index contributed by atoms with van der Waals surface area (Å²) in [6, 6.07) is 20.1. The van der Waals surface area contributed by atoms with Gasteiger partial charge in [-0.2, -0.15) is 0 Å². The monoisotopic (exact) mass is 237 g/mol. The van der Waals surface area contributed by atoms with Crippen molar-refractivity contribution in [2.45, 2.75) is 7.43 Å². The molecular weight excluding hydrogens is 222 g/mol. The van der Waals surface area contributed by atoms with Gasteiger partial charge in [-0.15, -0.1) is 10.2 Å². The molecule has 18 heavy (non-hydrogen) atoms. The molecule has 3 nitrogen and oxygen atoms in total. The fourth-order valence-corrected chi connectivity index (χ4v) is 1.80. The van der Waals surface area contributed by atoms with Crippen LogP contribution in [0.5, 0.6) is 0 Å². The maximum absolute atomic E-state index is 4.18. The Morgan fingerprint density at radius 3 is 2.06 bits per heavy atom. The Morgan fingerprint density at radius 1 is 0.778 bits per heavy atom. The minimum absolute atomic E-state index is 0. The van der Waals surface area contributed by atoms with Gasteiger partial charge in [0.05, 0.1) is 0 Å². The largest absolute Gasteiger partial charge is 0.282 e. The van der Waals surface area contributed by atoms with Crippen molar-refractivity contribution in [1.82, 2.24) is 14.8 Å². The minimum atomic E-state index is 0. The molecule has 3 aromatic rings. The fourth-order valence-electron chi connectivity index (χ4n) is 1.80. The van der Waals surface area contributed by atoms with Crippen LogP contribution in [0.25, 0.3) is 17.1 Å². The van der Waals surface area contributed by atoms with Crippen LogP contribution in [0.2, 0.25) is 0 Å². The number of hydrogen-bond donors (Lipinski definition) is 0. The molecular formula is C15H15N3. The molecule has 3 heteroatoms. The van der Waals surface area contributed by atoms with Crippen LogP contribution >= 0.6 is 0 Å². The molecule has 0 atom stereocenters. The summed E-state index contributed by atoms with van der Waals surface area (Å²) in [5.41, 5.74) is 2.13. The van der Waals surface area contributed by atoms with Crippen LogP contribution in [-0.2, 0) is 0 Å². The molecule has 2 aromatic carbocycles. The predicted octanol–water partition coefficient (Wildman–Crippen LogP) is 3.57. The summed E-state index contributed by atoms with van der Waals surface area (Å²) in [6.07, 6.45) is 1.73. The van der Waals surface area contributed by atoms with Crippen LogP contribution in [0.3, 0.4) is 0 Å². The van der Waals surface area contributed by atoms with Gasteiger partial charge < -0.3 is 0 Å². The van der Waals surface area contributed by atoms with Crippen molar-refractivity contribution in [1.29, 1.82) is 0 Å². The number of hydrogen-bond acceptors (Lipinski definition) is 2. The van der Waals surface area contributed by atoms with Gasteiger partial charge in [-0.1, -0.05) is 56.0 Å². The molecule has 0 bridgehead atoms. The Hall–Kier alpha value is -2.42. The van der Waals surface area contributed by atoms with E-state index >= 15 is 0 Å². The van der Waals surface area contributed by atoms with E-state index in [0.717, 1.165) is 17.1 Å². The lowest BCUT2D eigenvalue weighted by molar-refractivity contribution is 1.06. The summed E-state index contributed by atoms with van der Waals surface area (Å²) in [4.78, 5) is 0. The van der Waals surface area contributed by atoms with E-state index in [1.165, 1.54) is 0 Å². The van der Waals surface area contributed by atoms with E-state index in [1.807, 2.05) is 65.2 Å². The Balaban J connectivity index is 0.00000120. The van der Waals surface area contributed by atoms with Crippen LogP contribution in [0.4, 0.5) is 0 Å². The van der Waals surface area contributed by atoms with Crippen molar-refractivity contribution in [3.63, 3.8) is 0 Å². The quantitative estimate of drug-likeness (QED) is 0.682. The van der Waals surface area contributed by atoms with E-state index in [1.54, 1.807) is 6.33 Å². The van der Waals surface area contributed by atoms with E-state index in [0.29, 0.717) is 0 Å². The molecule has 1 aromatic heterocycles. The van der Waals surface area contributed by atoms with Crippen molar-refractivity contribution in [2.24, 2.45) is 0 Å². The summed E-state index contributed by atoms with van der Waals surface area (Å²) in [7, 11) is 0. The van der Waals surface area contributed by atoms with Gasteiger partial charge in [-0.3, -0.25) is 4.57 Å². The van der Waals surface area contributed by atoms with Crippen molar-refractivity contribution in [2.75, 3.05) is 0 Å². The van der Waals surface area contributed by atoms with Gasteiger partial charge in [0, 0.05) is 11.3 Å². The van der Waals surface area contributed by atoms with E-state index in [2.05, 4.69) is 10.2 Å². The van der Waals surface area contributed by atoms with Gasteiger partial charge in [0.2, 0.25) is 0 Å². The van der Waals surface area contributed by atoms with Crippen molar-refractivity contribution in [3.05, 3.63) is 67.0 Å².